The van der Waals surface area contributed by atoms with Crippen LogP contribution in [0.5, 0.6) is 0 Å². The molecule has 0 saturated heterocycles. The van der Waals surface area contributed by atoms with Gasteiger partial charge < -0.3 is 11.1 Å². The molecule has 2 aromatic carbocycles. The van der Waals surface area contributed by atoms with Crippen LogP contribution in [0, 0.1) is 12.7 Å². The number of benzene rings is 2. The molecule has 29 heavy (non-hydrogen) atoms. The van der Waals surface area contributed by atoms with Crippen molar-refractivity contribution in [1.29, 1.82) is 0 Å². The van der Waals surface area contributed by atoms with Gasteiger partial charge in [0.25, 0.3) is 0 Å². The van der Waals surface area contributed by atoms with Crippen molar-refractivity contribution in [3.63, 3.8) is 0 Å². The zero-order chi connectivity index (χ0) is 20.4. The number of hydrogen-bond acceptors (Lipinski definition) is 5. The monoisotopic (exact) mass is 388 g/mol. The topological polar surface area (TPSA) is 81.7 Å². The van der Waals surface area contributed by atoms with Crippen LogP contribution in [0.1, 0.15) is 23.0 Å². The van der Waals surface area contributed by atoms with Crippen LogP contribution < -0.4 is 11.1 Å². The van der Waals surface area contributed by atoms with Crippen molar-refractivity contribution in [3.05, 3.63) is 89.6 Å². The summed E-state index contributed by atoms with van der Waals surface area (Å²) in [6.07, 6.45) is 1.58. The van der Waals surface area contributed by atoms with Gasteiger partial charge in [-0.3, -0.25) is 4.98 Å². The molecule has 0 spiro atoms. The van der Waals surface area contributed by atoms with Gasteiger partial charge in [-0.1, -0.05) is 41.6 Å². The highest BCUT2D eigenvalue weighted by Gasteiger charge is 2.21. The number of aryl methyl sites for hydroxylation is 2. The smallest absolute Gasteiger partial charge is 0.147 e. The third-order valence-electron chi connectivity index (χ3n) is 4.82. The maximum atomic E-state index is 14.6. The summed E-state index contributed by atoms with van der Waals surface area (Å²) < 4.78 is 16.3. The summed E-state index contributed by atoms with van der Waals surface area (Å²) in [4.78, 5) is 4.28. The van der Waals surface area contributed by atoms with Gasteiger partial charge in [-0.2, -0.15) is 0 Å². The normalized spacial score (nSPS) is 12.0. The molecule has 3 N–H and O–H groups in total. The molecular weight excluding hydrogens is 367 g/mol. The predicted molar refractivity (Wildman–Crippen MR) is 112 cm³/mol. The first-order chi connectivity index (χ1) is 14.0. The quantitative estimate of drug-likeness (QED) is 0.503. The molecule has 2 aromatic heterocycles. The average Bonchev–Trinajstić information content (AvgIpc) is 3.07. The summed E-state index contributed by atoms with van der Waals surface area (Å²) in [7, 11) is 1.84. The van der Waals surface area contributed by atoms with Crippen molar-refractivity contribution >= 4 is 11.4 Å². The molecule has 0 bridgehead atoms. The van der Waals surface area contributed by atoms with Gasteiger partial charge in [0.15, 0.2) is 0 Å². The van der Waals surface area contributed by atoms with Crippen LogP contribution in [0.25, 0.3) is 11.3 Å². The van der Waals surface area contributed by atoms with Crippen molar-refractivity contribution in [2.45, 2.75) is 13.0 Å². The van der Waals surface area contributed by atoms with E-state index < -0.39 is 6.04 Å². The van der Waals surface area contributed by atoms with Gasteiger partial charge >= 0.3 is 0 Å². The number of pyridine rings is 1. The molecule has 7 heteroatoms. The van der Waals surface area contributed by atoms with Crippen LogP contribution in [-0.4, -0.2) is 20.0 Å². The number of nitrogens with two attached hydrogens (primary N) is 1. The van der Waals surface area contributed by atoms with Gasteiger partial charge in [-0.15, -0.1) is 5.10 Å². The second-order valence-electron chi connectivity index (χ2n) is 6.81. The minimum Gasteiger partial charge on any atom is -0.397 e. The third-order valence-corrected chi connectivity index (χ3v) is 4.82. The Morgan fingerprint density at radius 3 is 2.55 bits per heavy atom. The van der Waals surface area contributed by atoms with Gasteiger partial charge in [0.1, 0.15) is 11.5 Å². The molecule has 1 atom stereocenters. The largest absolute Gasteiger partial charge is 0.397 e. The van der Waals surface area contributed by atoms with Crippen molar-refractivity contribution < 1.29 is 4.39 Å². The Hall–Kier alpha value is -3.74. The fourth-order valence-corrected chi connectivity index (χ4v) is 3.41. The summed E-state index contributed by atoms with van der Waals surface area (Å²) in [6, 6.07) is 17.8. The number of halogens is 1. The number of nitrogen functional groups attached to an aromatic ring is 1. The Balaban J connectivity index is 1.79. The second-order valence-corrected chi connectivity index (χ2v) is 6.81. The highest BCUT2D eigenvalue weighted by molar-refractivity contribution is 5.76. The second kappa shape index (κ2) is 7.71. The molecule has 0 saturated carbocycles. The lowest BCUT2D eigenvalue weighted by Crippen LogP contribution is -2.16. The summed E-state index contributed by atoms with van der Waals surface area (Å²) in [6.45, 7) is 1.90. The van der Waals surface area contributed by atoms with Gasteiger partial charge in [0, 0.05) is 18.8 Å². The summed E-state index contributed by atoms with van der Waals surface area (Å²) in [5, 5.41) is 11.6. The molecule has 1 unspecified atom stereocenters. The molecule has 0 fully saturated rings. The predicted octanol–water partition coefficient (Wildman–Crippen LogP) is 4.11. The molecule has 4 aromatic rings. The van der Waals surface area contributed by atoms with E-state index in [-0.39, 0.29) is 5.82 Å². The molecule has 0 aliphatic rings. The summed E-state index contributed by atoms with van der Waals surface area (Å²) in [5.41, 5.74) is 11.3. The lowest BCUT2D eigenvalue weighted by Gasteiger charge is -2.22. The molecule has 0 aliphatic carbocycles. The maximum Gasteiger partial charge on any atom is 0.147 e. The van der Waals surface area contributed by atoms with E-state index in [1.54, 1.807) is 16.9 Å². The van der Waals surface area contributed by atoms with Crippen LogP contribution in [0.15, 0.2) is 66.9 Å². The van der Waals surface area contributed by atoms with Gasteiger partial charge in [-0.25, -0.2) is 9.07 Å². The van der Waals surface area contributed by atoms with Crippen LogP contribution in [-0.2, 0) is 7.05 Å². The van der Waals surface area contributed by atoms with Crippen LogP contribution in [0.4, 0.5) is 15.8 Å². The SMILES string of the molecule is Cc1nnn(C)c1-c1ccc(N)c(NC(c2ccccc2)c2ncccc2F)c1. The van der Waals surface area contributed by atoms with E-state index in [0.29, 0.717) is 17.1 Å². The molecule has 2 heterocycles. The number of anilines is 2. The number of hydrogen-bond donors (Lipinski definition) is 2. The van der Waals surface area contributed by atoms with E-state index in [1.165, 1.54) is 6.07 Å². The molecule has 0 amide bonds. The molecule has 6 nitrogen and oxygen atoms in total. The molecule has 146 valence electrons. The number of aromatic nitrogens is 4. The minimum atomic E-state index is -0.499. The fraction of sp³-hybridized carbons (Fsp3) is 0.136. The zero-order valence-corrected chi connectivity index (χ0v) is 16.2. The van der Waals surface area contributed by atoms with Crippen molar-refractivity contribution in [2.75, 3.05) is 11.1 Å². The first-order valence-electron chi connectivity index (χ1n) is 9.22. The zero-order valence-electron chi connectivity index (χ0n) is 16.2. The number of nitrogens with zero attached hydrogens (tertiary/aromatic N) is 4. The first kappa shape index (κ1) is 18.6. The standard InChI is InChI=1S/C22H21FN6/c1-14-22(29(2)28-27-14)16-10-11-18(24)19(13-16)26-20(15-7-4-3-5-8-15)21-17(23)9-6-12-25-21/h3-13,20,26H,24H2,1-2H3. The lowest BCUT2D eigenvalue weighted by atomic mass is 10.0. The van der Waals surface area contributed by atoms with Gasteiger partial charge in [-0.05, 0) is 36.8 Å². The Morgan fingerprint density at radius 1 is 1.07 bits per heavy atom. The van der Waals surface area contributed by atoms with E-state index in [2.05, 4.69) is 20.6 Å². The minimum absolute atomic E-state index is 0.307. The van der Waals surface area contributed by atoms with E-state index in [9.17, 15) is 4.39 Å². The third kappa shape index (κ3) is 3.67. The number of rotatable bonds is 5. The molecular formula is C22H21FN6. The van der Waals surface area contributed by atoms with E-state index in [4.69, 9.17) is 5.73 Å². The summed E-state index contributed by atoms with van der Waals surface area (Å²) >= 11 is 0. The van der Waals surface area contributed by atoms with E-state index in [0.717, 1.165) is 22.5 Å². The Labute approximate surface area is 168 Å². The maximum absolute atomic E-state index is 14.6. The Kier molecular flexibility index (Phi) is 4.95. The van der Waals surface area contributed by atoms with E-state index >= 15 is 0 Å². The Bertz CT molecular complexity index is 1120. The van der Waals surface area contributed by atoms with Crippen molar-refractivity contribution in [2.24, 2.45) is 7.05 Å². The van der Waals surface area contributed by atoms with Crippen LogP contribution in [0.2, 0.25) is 0 Å². The first-order valence-corrected chi connectivity index (χ1v) is 9.22. The average molecular weight is 388 g/mol. The number of nitrogens with one attached hydrogen (secondary N) is 1. The van der Waals surface area contributed by atoms with Gasteiger partial charge in [0.2, 0.25) is 0 Å². The molecule has 4 rings (SSSR count). The molecule has 0 aliphatic heterocycles. The van der Waals surface area contributed by atoms with E-state index in [1.807, 2.05) is 62.5 Å². The van der Waals surface area contributed by atoms with Crippen LogP contribution in [0.3, 0.4) is 0 Å². The van der Waals surface area contributed by atoms with Crippen LogP contribution >= 0.6 is 0 Å². The highest BCUT2D eigenvalue weighted by Crippen LogP contribution is 2.33. The van der Waals surface area contributed by atoms with Gasteiger partial charge in [0.05, 0.1) is 28.8 Å². The Morgan fingerprint density at radius 2 is 1.86 bits per heavy atom. The highest BCUT2D eigenvalue weighted by atomic mass is 19.1. The molecule has 0 radical (unpaired) electrons. The fourth-order valence-electron chi connectivity index (χ4n) is 3.41. The van der Waals surface area contributed by atoms with Crippen molar-refractivity contribution in [3.8, 4) is 11.3 Å². The summed E-state index contributed by atoms with van der Waals surface area (Å²) in [5.74, 6) is -0.379. The van der Waals surface area contributed by atoms with Crippen molar-refractivity contribution in [1.82, 2.24) is 20.0 Å². The lowest BCUT2D eigenvalue weighted by molar-refractivity contribution is 0.592.